The summed E-state index contributed by atoms with van der Waals surface area (Å²) in [5.41, 5.74) is 3.47. The van der Waals surface area contributed by atoms with E-state index < -0.39 is 11.9 Å². The Kier molecular flexibility index (Phi) is 4.61. The van der Waals surface area contributed by atoms with E-state index >= 15 is 0 Å². The fraction of sp³-hybridized carbons (Fsp3) is 0.222. The second-order valence-corrected chi connectivity index (χ2v) is 5.19. The van der Waals surface area contributed by atoms with E-state index in [1.54, 1.807) is 12.1 Å². The molecule has 0 aliphatic heterocycles. The summed E-state index contributed by atoms with van der Waals surface area (Å²) in [6.07, 6.45) is 0. The fourth-order valence-corrected chi connectivity index (χ4v) is 2.20. The number of ether oxygens (including phenoxy) is 2. The largest absolute Gasteiger partial charge is 0.426 e. The van der Waals surface area contributed by atoms with Gasteiger partial charge in [0.1, 0.15) is 11.5 Å². The molecule has 0 aliphatic rings. The molecule has 2 aromatic carbocycles. The normalized spacial score (nSPS) is 10.2. The predicted molar refractivity (Wildman–Crippen MR) is 84.0 cm³/mol. The summed E-state index contributed by atoms with van der Waals surface area (Å²) in [4.78, 5) is 22.6. The molecule has 0 unspecified atom stereocenters. The number of rotatable bonds is 3. The van der Waals surface area contributed by atoms with E-state index in [1.165, 1.54) is 13.8 Å². The standard InChI is InChI=1S/C18H18O4/c1-11-5-7-17(21-13(3)19)15(9-11)16-10-12(2)6-8-18(16)22-14(4)20/h5-10H,1-4H3. The zero-order chi connectivity index (χ0) is 16.3. The predicted octanol–water partition coefficient (Wildman–Crippen LogP) is 3.82. The molecule has 0 aliphatic carbocycles. The van der Waals surface area contributed by atoms with E-state index in [-0.39, 0.29) is 0 Å². The molecule has 0 saturated heterocycles. The molecule has 0 heterocycles. The molecule has 0 spiro atoms. The van der Waals surface area contributed by atoms with Crippen LogP contribution in [-0.4, -0.2) is 11.9 Å². The molecule has 4 heteroatoms. The molecule has 0 radical (unpaired) electrons. The third-order valence-electron chi connectivity index (χ3n) is 3.07. The van der Waals surface area contributed by atoms with Crippen LogP contribution in [0.4, 0.5) is 0 Å². The van der Waals surface area contributed by atoms with Gasteiger partial charge in [0.25, 0.3) is 0 Å². The topological polar surface area (TPSA) is 52.6 Å². The first-order valence-electron chi connectivity index (χ1n) is 6.95. The van der Waals surface area contributed by atoms with Crippen LogP contribution in [0, 0.1) is 13.8 Å². The van der Waals surface area contributed by atoms with Crippen molar-refractivity contribution in [1.29, 1.82) is 0 Å². The van der Waals surface area contributed by atoms with E-state index in [9.17, 15) is 9.59 Å². The number of carbonyl (C=O) groups is 2. The Morgan fingerprint density at radius 3 is 1.41 bits per heavy atom. The van der Waals surface area contributed by atoms with Crippen LogP contribution in [0.3, 0.4) is 0 Å². The number of aryl methyl sites for hydroxylation is 2. The number of benzene rings is 2. The summed E-state index contributed by atoms with van der Waals surface area (Å²) in [5.74, 6) is 0.0905. The minimum atomic E-state index is -0.396. The first-order valence-corrected chi connectivity index (χ1v) is 6.95. The first-order chi connectivity index (χ1) is 10.4. The van der Waals surface area contributed by atoms with E-state index in [1.807, 2.05) is 38.1 Å². The van der Waals surface area contributed by atoms with Crippen molar-refractivity contribution in [2.75, 3.05) is 0 Å². The molecule has 4 nitrogen and oxygen atoms in total. The van der Waals surface area contributed by atoms with Gasteiger partial charge >= 0.3 is 11.9 Å². The average molecular weight is 298 g/mol. The maximum atomic E-state index is 11.3. The molecule has 0 aromatic heterocycles. The minimum Gasteiger partial charge on any atom is -0.426 e. The summed E-state index contributed by atoms with van der Waals surface area (Å²) >= 11 is 0. The van der Waals surface area contributed by atoms with Crippen LogP contribution in [0.15, 0.2) is 36.4 Å². The van der Waals surface area contributed by atoms with Gasteiger partial charge in [-0.05, 0) is 38.1 Å². The minimum absolute atomic E-state index is 0.396. The summed E-state index contributed by atoms with van der Waals surface area (Å²) in [7, 11) is 0. The molecule has 114 valence electrons. The van der Waals surface area contributed by atoms with Crippen LogP contribution in [0.1, 0.15) is 25.0 Å². The SMILES string of the molecule is CC(=O)Oc1ccc(C)cc1-c1cc(C)ccc1OC(C)=O. The lowest BCUT2D eigenvalue weighted by molar-refractivity contribution is -0.132. The zero-order valence-electron chi connectivity index (χ0n) is 13.1. The molecular formula is C18H18O4. The first kappa shape index (κ1) is 15.8. The van der Waals surface area contributed by atoms with Crippen molar-refractivity contribution in [3.63, 3.8) is 0 Å². The van der Waals surface area contributed by atoms with E-state index in [0.29, 0.717) is 11.5 Å². The zero-order valence-corrected chi connectivity index (χ0v) is 13.1. The third kappa shape index (κ3) is 3.73. The van der Waals surface area contributed by atoms with Gasteiger partial charge in [0.15, 0.2) is 0 Å². The van der Waals surface area contributed by atoms with Gasteiger partial charge in [-0.25, -0.2) is 0 Å². The number of hydrogen-bond donors (Lipinski definition) is 0. The van der Waals surface area contributed by atoms with Crippen LogP contribution in [-0.2, 0) is 9.59 Å². The lowest BCUT2D eigenvalue weighted by atomic mass is 9.99. The highest BCUT2D eigenvalue weighted by molar-refractivity contribution is 5.82. The number of carbonyl (C=O) groups excluding carboxylic acids is 2. The van der Waals surface area contributed by atoms with Gasteiger partial charge in [0, 0.05) is 25.0 Å². The monoisotopic (exact) mass is 298 g/mol. The van der Waals surface area contributed by atoms with Crippen molar-refractivity contribution in [3.8, 4) is 22.6 Å². The Morgan fingerprint density at radius 2 is 1.09 bits per heavy atom. The highest BCUT2D eigenvalue weighted by atomic mass is 16.5. The lowest BCUT2D eigenvalue weighted by Gasteiger charge is -2.14. The Balaban J connectivity index is 2.63. The van der Waals surface area contributed by atoms with Gasteiger partial charge in [-0.15, -0.1) is 0 Å². The summed E-state index contributed by atoms with van der Waals surface area (Å²) in [5, 5.41) is 0. The third-order valence-corrected chi connectivity index (χ3v) is 3.07. The fourth-order valence-electron chi connectivity index (χ4n) is 2.20. The second kappa shape index (κ2) is 6.43. The van der Waals surface area contributed by atoms with Gasteiger partial charge in [0.05, 0.1) is 0 Å². The molecule has 0 bridgehead atoms. The number of hydrogen-bond acceptors (Lipinski definition) is 4. The lowest BCUT2D eigenvalue weighted by Crippen LogP contribution is -2.05. The van der Waals surface area contributed by atoms with Crippen LogP contribution >= 0.6 is 0 Å². The summed E-state index contributed by atoms with van der Waals surface area (Å²) < 4.78 is 10.6. The van der Waals surface area contributed by atoms with Crippen molar-refractivity contribution in [1.82, 2.24) is 0 Å². The maximum Gasteiger partial charge on any atom is 0.308 e. The van der Waals surface area contributed by atoms with Crippen LogP contribution < -0.4 is 9.47 Å². The molecular weight excluding hydrogens is 280 g/mol. The van der Waals surface area contributed by atoms with Crippen molar-refractivity contribution in [2.24, 2.45) is 0 Å². The quantitative estimate of drug-likeness (QED) is 0.638. The molecule has 0 fully saturated rings. The highest BCUT2D eigenvalue weighted by Crippen LogP contribution is 2.38. The van der Waals surface area contributed by atoms with Gasteiger partial charge in [-0.1, -0.05) is 23.3 Å². The molecule has 0 N–H and O–H groups in total. The highest BCUT2D eigenvalue weighted by Gasteiger charge is 2.15. The molecule has 0 saturated carbocycles. The Morgan fingerprint density at radius 1 is 0.727 bits per heavy atom. The van der Waals surface area contributed by atoms with Crippen LogP contribution in [0.25, 0.3) is 11.1 Å². The maximum absolute atomic E-state index is 11.3. The molecule has 2 rings (SSSR count). The van der Waals surface area contributed by atoms with Gasteiger partial charge < -0.3 is 9.47 Å². The van der Waals surface area contributed by atoms with Crippen LogP contribution in [0.2, 0.25) is 0 Å². The Hall–Kier alpha value is -2.62. The van der Waals surface area contributed by atoms with Crippen molar-refractivity contribution in [3.05, 3.63) is 47.5 Å². The Bertz CT molecular complexity index is 668. The van der Waals surface area contributed by atoms with E-state index in [0.717, 1.165) is 22.3 Å². The van der Waals surface area contributed by atoms with E-state index in [4.69, 9.17) is 9.47 Å². The van der Waals surface area contributed by atoms with E-state index in [2.05, 4.69) is 0 Å². The van der Waals surface area contributed by atoms with Crippen molar-refractivity contribution >= 4 is 11.9 Å². The average Bonchev–Trinajstić information content (AvgIpc) is 2.42. The molecule has 22 heavy (non-hydrogen) atoms. The molecule has 0 atom stereocenters. The molecule has 2 aromatic rings. The van der Waals surface area contributed by atoms with Crippen molar-refractivity contribution in [2.45, 2.75) is 27.7 Å². The van der Waals surface area contributed by atoms with Crippen molar-refractivity contribution < 1.29 is 19.1 Å². The van der Waals surface area contributed by atoms with Gasteiger partial charge in [-0.3, -0.25) is 9.59 Å². The Labute approximate surface area is 129 Å². The van der Waals surface area contributed by atoms with Gasteiger partial charge in [-0.2, -0.15) is 0 Å². The second-order valence-electron chi connectivity index (χ2n) is 5.19. The summed E-state index contributed by atoms with van der Waals surface area (Å²) in [6, 6.07) is 11.0. The van der Waals surface area contributed by atoms with Gasteiger partial charge in [0.2, 0.25) is 0 Å². The smallest absolute Gasteiger partial charge is 0.308 e. The van der Waals surface area contributed by atoms with Crippen LogP contribution in [0.5, 0.6) is 11.5 Å². The number of esters is 2. The molecule has 0 amide bonds. The summed E-state index contributed by atoms with van der Waals surface area (Å²) in [6.45, 7) is 6.60.